The number of likely N-dealkylation sites (N-methyl/N-ethyl adjacent to an activating group) is 1. The summed E-state index contributed by atoms with van der Waals surface area (Å²) < 4.78 is 32.4. The molecular formula is C17H27ClN6O5S. The molecule has 1 amide bonds. The second-order valence-corrected chi connectivity index (χ2v) is 8.98. The quantitative estimate of drug-likeness (QED) is 0.542. The fourth-order valence-corrected chi connectivity index (χ4v) is 2.50. The van der Waals surface area contributed by atoms with Crippen molar-refractivity contribution in [2.24, 2.45) is 21.5 Å². The summed E-state index contributed by atoms with van der Waals surface area (Å²) in [6, 6.07) is 5.12. The van der Waals surface area contributed by atoms with Gasteiger partial charge in [-0.15, -0.1) is 0 Å². The summed E-state index contributed by atoms with van der Waals surface area (Å²) in [6.07, 6.45) is 0. The number of amides is 1. The third-order valence-corrected chi connectivity index (χ3v) is 4.81. The highest BCUT2D eigenvalue weighted by Crippen LogP contribution is 2.33. The van der Waals surface area contributed by atoms with Gasteiger partial charge in [0.2, 0.25) is 11.9 Å². The Morgan fingerprint density at radius 1 is 1.33 bits per heavy atom. The molecule has 1 heterocycles. The van der Waals surface area contributed by atoms with Crippen LogP contribution in [0, 0.1) is 0 Å². The van der Waals surface area contributed by atoms with Crippen molar-refractivity contribution in [3.05, 3.63) is 23.2 Å². The number of nitrogens with two attached hydrogens (primary N) is 2. The smallest absolute Gasteiger partial charge is 0.264 e. The third-order valence-electron chi connectivity index (χ3n) is 3.78. The molecule has 0 atom stereocenters. The molecule has 1 aromatic rings. The molecule has 0 spiro atoms. The van der Waals surface area contributed by atoms with Gasteiger partial charge in [0.05, 0.1) is 10.8 Å². The van der Waals surface area contributed by atoms with Crippen molar-refractivity contribution in [3.8, 4) is 5.75 Å². The molecule has 1 aliphatic rings. The lowest BCUT2D eigenvalue weighted by molar-refractivity contribution is -0.130. The highest BCUT2D eigenvalue weighted by Gasteiger charge is 2.33. The van der Waals surface area contributed by atoms with Gasteiger partial charge < -0.3 is 21.1 Å². The first-order chi connectivity index (χ1) is 13.7. The van der Waals surface area contributed by atoms with Crippen molar-refractivity contribution >= 4 is 45.2 Å². The molecule has 11 nitrogen and oxygen atoms in total. The van der Waals surface area contributed by atoms with E-state index in [1.807, 2.05) is 13.8 Å². The molecule has 5 N–H and O–H groups in total. The van der Waals surface area contributed by atoms with Crippen LogP contribution in [0.2, 0.25) is 5.02 Å². The second-order valence-electron chi connectivity index (χ2n) is 6.83. The van der Waals surface area contributed by atoms with Crippen LogP contribution in [0.3, 0.4) is 0 Å². The van der Waals surface area contributed by atoms with E-state index < -0.39 is 15.8 Å². The largest absolute Gasteiger partial charge is 0.482 e. The van der Waals surface area contributed by atoms with E-state index in [4.69, 9.17) is 32.4 Å². The number of anilines is 1. The summed E-state index contributed by atoms with van der Waals surface area (Å²) in [7, 11) is -0.350. The number of halogens is 1. The van der Waals surface area contributed by atoms with Crippen molar-refractivity contribution in [3.63, 3.8) is 0 Å². The summed E-state index contributed by atoms with van der Waals surface area (Å²) in [5, 5.41) is 0.352. The highest BCUT2D eigenvalue weighted by molar-refractivity contribution is 7.85. The summed E-state index contributed by atoms with van der Waals surface area (Å²) in [4.78, 5) is 23.0. The summed E-state index contributed by atoms with van der Waals surface area (Å²) in [5.41, 5.74) is 11.6. The van der Waals surface area contributed by atoms with E-state index >= 15 is 0 Å². The van der Waals surface area contributed by atoms with Gasteiger partial charge in [-0.1, -0.05) is 11.6 Å². The summed E-state index contributed by atoms with van der Waals surface area (Å²) in [5.74, 6) is 0.395. The number of rotatable bonds is 5. The van der Waals surface area contributed by atoms with Crippen LogP contribution in [0.25, 0.3) is 0 Å². The number of hydrogen-bond acceptors (Lipinski definition) is 9. The Morgan fingerprint density at radius 3 is 2.33 bits per heavy atom. The fraction of sp³-hybridized carbons (Fsp3) is 0.471. The minimum atomic E-state index is -3.66. The monoisotopic (exact) mass is 462 g/mol. The highest BCUT2D eigenvalue weighted by atomic mass is 35.5. The van der Waals surface area contributed by atoms with E-state index in [1.54, 1.807) is 37.2 Å². The Kier molecular flexibility index (Phi) is 8.45. The SMILES string of the molecule is CCS(=O)(=O)O.CN(C)C(=O)COc1ccc(N2C(N)=NC(N)=NC2(C)C)cc1Cl. The summed E-state index contributed by atoms with van der Waals surface area (Å²) in [6.45, 7) is 4.99. The van der Waals surface area contributed by atoms with E-state index in [0.29, 0.717) is 16.5 Å². The van der Waals surface area contributed by atoms with Gasteiger partial charge in [0.1, 0.15) is 11.4 Å². The predicted molar refractivity (Wildman–Crippen MR) is 118 cm³/mol. The van der Waals surface area contributed by atoms with Crippen molar-refractivity contribution in [2.45, 2.75) is 26.4 Å². The molecule has 0 radical (unpaired) electrons. The van der Waals surface area contributed by atoms with Gasteiger partial charge in [-0.25, -0.2) is 4.99 Å². The minimum absolute atomic E-state index is 0.0916. The molecular weight excluding hydrogens is 436 g/mol. The molecule has 0 aliphatic carbocycles. The van der Waals surface area contributed by atoms with Crippen LogP contribution in [0.15, 0.2) is 28.2 Å². The Balaban J connectivity index is 0.000000656. The first-order valence-corrected chi connectivity index (χ1v) is 10.7. The van der Waals surface area contributed by atoms with Crippen LogP contribution in [0.4, 0.5) is 5.69 Å². The van der Waals surface area contributed by atoms with Crippen LogP contribution >= 0.6 is 11.6 Å². The first-order valence-electron chi connectivity index (χ1n) is 8.75. The van der Waals surface area contributed by atoms with Gasteiger partial charge in [0, 0.05) is 19.8 Å². The Hall–Kier alpha value is -2.57. The van der Waals surface area contributed by atoms with Gasteiger partial charge in [-0.05, 0) is 39.0 Å². The molecule has 1 aliphatic heterocycles. The number of carbonyl (C=O) groups excluding carboxylic acids is 1. The summed E-state index contributed by atoms with van der Waals surface area (Å²) >= 11 is 6.26. The lowest BCUT2D eigenvalue weighted by Crippen LogP contribution is -2.54. The van der Waals surface area contributed by atoms with E-state index in [9.17, 15) is 13.2 Å². The minimum Gasteiger partial charge on any atom is -0.482 e. The predicted octanol–water partition coefficient (Wildman–Crippen LogP) is 0.887. The average molecular weight is 463 g/mol. The zero-order chi connectivity index (χ0) is 23.3. The molecule has 30 heavy (non-hydrogen) atoms. The van der Waals surface area contributed by atoms with Crippen LogP contribution in [0.1, 0.15) is 20.8 Å². The zero-order valence-corrected chi connectivity index (χ0v) is 19.0. The third kappa shape index (κ3) is 7.35. The van der Waals surface area contributed by atoms with Crippen LogP contribution in [-0.2, 0) is 14.9 Å². The van der Waals surface area contributed by atoms with E-state index in [0.717, 1.165) is 0 Å². The molecule has 0 bridgehead atoms. The normalized spacial score (nSPS) is 15.4. The van der Waals surface area contributed by atoms with Gasteiger partial charge in [0.25, 0.3) is 16.0 Å². The number of ether oxygens (including phenoxy) is 1. The number of nitrogens with zero attached hydrogens (tertiary/aromatic N) is 4. The topological polar surface area (TPSA) is 164 Å². The lowest BCUT2D eigenvalue weighted by atomic mass is 10.1. The molecule has 2 rings (SSSR count). The number of benzene rings is 1. The van der Waals surface area contributed by atoms with E-state index in [1.165, 1.54) is 11.8 Å². The molecule has 168 valence electrons. The van der Waals surface area contributed by atoms with Gasteiger partial charge in [0.15, 0.2) is 6.61 Å². The fourth-order valence-electron chi connectivity index (χ4n) is 2.27. The standard InChI is InChI=1S/C15H21ClN6O2.C2H6O3S/c1-15(2)20-13(17)19-14(18)22(15)9-5-6-11(10(16)7-9)24-8-12(23)21(3)4;1-2-6(3,4)5/h5-7H,8H2,1-4H3,(H4,17,18,19,20);2H2,1H3,(H,3,4,5). The first kappa shape index (κ1) is 25.5. The molecule has 0 fully saturated rings. The molecule has 0 aromatic heterocycles. The van der Waals surface area contributed by atoms with Gasteiger partial charge in [-0.2, -0.15) is 13.4 Å². The maximum atomic E-state index is 11.6. The number of carbonyl (C=O) groups is 1. The Bertz CT molecular complexity index is 946. The second kappa shape index (κ2) is 9.96. The van der Waals surface area contributed by atoms with Crippen LogP contribution in [-0.4, -0.2) is 67.8 Å². The van der Waals surface area contributed by atoms with Crippen molar-refractivity contribution in [1.29, 1.82) is 0 Å². The van der Waals surface area contributed by atoms with E-state index in [2.05, 4.69) is 9.98 Å². The average Bonchev–Trinajstić information content (AvgIpc) is 2.58. The molecule has 13 heteroatoms. The maximum Gasteiger partial charge on any atom is 0.264 e. The van der Waals surface area contributed by atoms with Gasteiger partial charge in [-0.3, -0.25) is 14.2 Å². The number of aliphatic imine (C=N–C) groups is 2. The molecule has 1 aromatic carbocycles. The zero-order valence-electron chi connectivity index (χ0n) is 17.5. The van der Waals surface area contributed by atoms with Crippen LogP contribution in [0.5, 0.6) is 5.75 Å². The Morgan fingerprint density at radius 2 is 1.90 bits per heavy atom. The van der Waals surface area contributed by atoms with Gasteiger partial charge >= 0.3 is 0 Å². The maximum absolute atomic E-state index is 11.6. The van der Waals surface area contributed by atoms with E-state index in [-0.39, 0.29) is 30.2 Å². The lowest BCUT2D eigenvalue weighted by Gasteiger charge is -2.38. The van der Waals surface area contributed by atoms with Crippen molar-refractivity contribution < 1.29 is 22.5 Å². The molecule has 0 unspecified atom stereocenters. The molecule has 0 saturated heterocycles. The number of guanidine groups is 2. The van der Waals surface area contributed by atoms with Crippen molar-refractivity contribution in [2.75, 3.05) is 31.4 Å². The van der Waals surface area contributed by atoms with Crippen molar-refractivity contribution in [1.82, 2.24) is 4.90 Å². The number of hydrogen-bond donors (Lipinski definition) is 3. The molecule has 0 saturated carbocycles. The Labute approximate surface area is 181 Å². The van der Waals surface area contributed by atoms with Crippen LogP contribution < -0.4 is 21.1 Å².